The molecule has 0 saturated carbocycles. The van der Waals surface area contributed by atoms with Crippen molar-refractivity contribution in [3.63, 3.8) is 0 Å². The molecule has 2 N–H and O–H groups in total. The predicted molar refractivity (Wildman–Crippen MR) is 110 cm³/mol. The molecule has 1 aliphatic heterocycles. The summed E-state index contributed by atoms with van der Waals surface area (Å²) in [6, 6.07) is 11.9. The zero-order chi connectivity index (χ0) is 20.1. The quantitative estimate of drug-likeness (QED) is 0.723. The van der Waals surface area contributed by atoms with Crippen LogP contribution in [0.25, 0.3) is 0 Å². The van der Waals surface area contributed by atoms with Crippen molar-refractivity contribution in [2.45, 2.75) is 19.4 Å². The summed E-state index contributed by atoms with van der Waals surface area (Å²) in [5, 5.41) is 3.14. The molecule has 1 aliphatic rings. The van der Waals surface area contributed by atoms with Gasteiger partial charge in [-0.15, -0.1) is 0 Å². The molecule has 2 aromatic rings. The number of fused-ring (bicyclic) bond motifs is 1. The Bertz CT molecular complexity index is 863. The summed E-state index contributed by atoms with van der Waals surface area (Å²) in [4.78, 5) is 14.1. The van der Waals surface area contributed by atoms with E-state index in [1.165, 1.54) is 16.0 Å². The summed E-state index contributed by atoms with van der Waals surface area (Å²) in [6.07, 6.45) is 2.90. The van der Waals surface area contributed by atoms with E-state index in [9.17, 15) is 4.79 Å². The van der Waals surface area contributed by atoms with Crippen molar-refractivity contribution in [1.82, 2.24) is 5.32 Å². The largest absolute Gasteiger partial charge is 0.493 e. The van der Waals surface area contributed by atoms with Crippen molar-refractivity contribution in [1.29, 1.82) is 0 Å². The van der Waals surface area contributed by atoms with Crippen molar-refractivity contribution in [3.05, 3.63) is 71.3 Å². The van der Waals surface area contributed by atoms with Gasteiger partial charge >= 0.3 is 0 Å². The van der Waals surface area contributed by atoms with Gasteiger partial charge in [0.1, 0.15) is 6.04 Å². The van der Waals surface area contributed by atoms with E-state index in [1.807, 2.05) is 37.3 Å². The van der Waals surface area contributed by atoms with Crippen molar-refractivity contribution in [2.75, 3.05) is 33.9 Å². The van der Waals surface area contributed by atoms with E-state index in [-0.39, 0.29) is 11.9 Å². The van der Waals surface area contributed by atoms with Gasteiger partial charge in [-0.05, 0) is 42.3 Å². The van der Waals surface area contributed by atoms with Gasteiger partial charge in [0.25, 0.3) is 5.91 Å². The fraction of sp³-hybridized carbons (Fsp3) is 0.348. The zero-order valence-corrected chi connectivity index (χ0v) is 16.9. The first-order chi connectivity index (χ1) is 13.6. The highest BCUT2D eigenvalue weighted by atomic mass is 16.5. The maximum absolute atomic E-state index is 12.7. The molecule has 1 amide bonds. The van der Waals surface area contributed by atoms with Crippen LogP contribution in [0.4, 0.5) is 0 Å². The number of hydrogen-bond acceptors (Lipinski definition) is 3. The molecule has 2 atom stereocenters. The molecule has 0 aromatic heterocycles. The Balaban J connectivity index is 1.87. The fourth-order valence-corrected chi connectivity index (χ4v) is 3.97. The van der Waals surface area contributed by atoms with Gasteiger partial charge in [-0.1, -0.05) is 24.8 Å². The second-order valence-electron chi connectivity index (χ2n) is 7.13. The SMILES string of the molecule is C=CC[NH+]1CCc2cc(OC)c(OC)cc2[C@H]1CNC(=O)c1ccccc1C. The number of nitrogens with one attached hydrogen (secondary N) is 2. The lowest BCUT2D eigenvalue weighted by Gasteiger charge is -2.34. The van der Waals surface area contributed by atoms with E-state index in [0.29, 0.717) is 6.54 Å². The van der Waals surface area contributed by atoms with Crippen LogP contribution >= 0.6 is 0 Å². The predicted octanol–water partition coefficient (Wildman–Crippen LogP) is 2.11. The zero-order valence-electron chi connectivity index (χ0n) is 16.9. The molecule has 148 valence electrons. The summed E-state index contributed by atoms with van der Waals surface area (Å²) in [5.41, 5.74) is 4.15. The molecule has 28 heavy (non-hydrogen) atoms. The lowest BCUT2D eigenvalue weighted by molar-refractivity contribution is -0.927. The smallest absolute Gasteiger partial charge is 0.251 e. The summed E-state index contributed by atoms with van der Waals surface area (Å²) < 4.78 is 11.0. The number of hydrogen-bond donors (Lipinski definition) is 2. The maximum atomic E-state index is 12.7. The third-order valence-electron chi connectivity index (χ3n) is 5.49. The minimum absolute atomic E-state index is 0.0383. The van der Waals surface area contributed by atoms with Crippen LogP contribution in [0.5, 0.6) is 11.5 Å². The average molecular weight is 381 g/mol. The van der Waals surface area contributed by atoms with Crippen LogP contribution in [0.3, 0.4) is 0 Å². The topological polar surface area (TPSA) is 52.0 Å². The highest BCUT2D eigenvalue weighted by Crippen LogP contribution is 2.34. The molecule has 0 bridgehead atoms. The summed E-state index contributed by atoms with van der Waals surface area (Å²) in [5.74, 6) is 1.43. The van der Waals surface area contributed by atoms with Gasteiger partial charge in [0, 0.05) is 17.5 Å². The fourth-order valence-electron chi connectivity index (χ4n) is 3.97. The molecular weight excluding hydrogens is 352 g/mol. The summed E-state index contributed by atoms with van der Waals surface area (Å²) in [6.45, 7) is 8.25. The molecule has 0 radical (unpaired) electrons. The first-order valence-corrected chi connectivity index (χ1v) is 9.63. The number of carbonyl (C=O) groups excluding carboxylic acids is 1. The number of benzene rings is 2. The van der Waals surface area contributed by atoms with E-state index in [0.717, 1.165) is 42.1 Å². The maximum Gasteiger partial charge on any atom is 0.251 e. The molecule has 0 fully saturated rings. The van der Waals surface area contributed by atoms with Gasteiger partial charge in [-0.2, -0.15) is 0 Å². The Morgan fingerprint density at radius 3 is 2.64 bits per heavy atom. The Hall–Kier alpha value is -2.79. The highest BCUT2D eigenvalue weighted by molar-refractivity contribution is 5.95. The standard InChI is InChI=1S/C23H28N2O3/c1-5-11-25-12-10-17-13-21(27-3)22(28-4)14-19(17)20(25)15-24-23(26)18-9-7-6-8-16(18)2/h5-9,13-14,20H,1,10-12,15H2,2-4H3,(H,24,26)/p+1/t20-/m1/s1. The number of ether oxygens (including phenoxy) is 2. The minimum Gasteiger partial charge on any atom is -0.493 e. The summed E-state index contributed by atoms with van der Waals surface area (Å²) >= 11 is 0. The van der Waals surface area contributed by atoms with Crippen molar-refractivity contribution in [2.24, 2.45) is 0 Å². The van der Waals surface area contributed by atoms with Crippen LogP contribution in [0, 0.1) is 6.92 Å². The van der Waals surface area contributed by atoms with E-state index in [4.69, 9.17) is 9.47 Å². The molecule has 1 heterocycles. The number of methoxy groups -OCH3 is 2. The third-order valence-corrected chi connectivity index (χ3v) is 5.49. The lowest BCUT2D eigenvalue weighted by atomic mass is 9.91. The van der Waals surface area contributed by atoms with E-state index >= 15 is 0 Å². The Labute approximate surface area is 167 Å². The first kappa shape index (κ1) is 20.0. The first-order valence-electron chi connectivity index (χ1n) is 9.63. The summed E-state index contributed by atoms with van der Waals surface area (Å²) in [7, 11) is 3.30. The number of aryl methyl sites for hydroxylation is 1. The molecular formula is C23H29N2O3+. The van der Waals surface area contributed by atoms with E-state index in [1.54, 1.807) is 14.2 Å². The second-order valence-corrected chi connectivity index (χ2v) is 7.13. The van der Waals surface area contributed by atoms with Gasteiger partial charge in [-0.3, -0.25) is 4.79 Å². The van der Waals surface area contributed by atoms with Crippen molar-refractivity contribution >= 4 is 5.91 Å². The van der Waals surface area contributed by atoms with Gasteiger partial charge in [0.2, 0.25) is 0 Å². The number of amides is 1. The van der Waals surface area contributed by atoms with Crippen LogP contribution in [-0.2, 0) is 6.42 Å². The van der Waals surface area contributed by atoms with Crippen LogP contribution in [0.15, 0.2) is 49.1 Å². The Morgan fingerprint density at radius 1 is 1.25 bits per heavy atom. The molecule has 5 nitrogen and oxygen atoms in total. The number of rotatable bonds is 7. The molecule has 0 spiro atoms. The highest BCUT2D eigenvalue weighted by Gasteiger charge is 2.32. The van der Waals surface area contributed by atoms with Crippen molar-refractivity contribution < 1.29 is 19.2 Å². The lowest BCUT2D eigenvalue weighted by Crippen LogP contribution is -3.13. The molecule has 3 rings (SSSR count). The minimum atomic E-state index is -0.0383. The molecule has 0 saturated heterocycles. The molecule has 0 aliphatic carbocycles. The van der Waals surface area contributed by atoms with Gasteiger partial charge < -0.3 is 19.7 Å². The molecule has 2 aromatic carbocycles. The molecule has 5 heteroatoms. The average Bonchev–Trinajstić information content (AvgIpc) is 2.72. The van der Waals surface area contributed by atoms with Gasteiger partial charge in [0.05, 0.1) is 33.9 Å². The Morgan fingerprint density at radius 2 is 1.96 bits per heavy atom. The third kappa shape index (κ3) is 4.04. The molecule has 1 unspecified atom stereocenters. The van der Waals surface area contributed by atoms with Crippen LogP contribution in [-0.4, -0.2) is 39.8 Å². The van der Waals surface area contributed by atoms with Gasteiger partial charge in [0.15, 0.2) is 11.5 Å². The number of carbonyl (C=O) groups is 1. The van der Waals surface area contributed by atoms with Gasteiger partial charge in [-0.25, -0.2) is 0 Å². The second kappa shape index (κ2) is 8.93. The number of quaternary nitrogens is 1. The van der Waals surface area contributed by atoms with E-state index < -0.39 is 0 Å². The van der Waals surface area contributed by atoms with E-state index in [2.05, 4.69) is 24.0 Å². The monoisotopic (exact) mass is 381 g/mol. The van der Waals surface area contributed by atoms with Crippen LogP contribution < -0.4 is 19.7 Å². The van der Waals surface area contributed by atoms with Crippen LogP contribution in [0.1, 0.15) is 33.1 Å². The normalized spacial score (nSPS) is 18.1. The van der Waals surface area contributed by atoms with Crippen LogP contribution in [0.2, 0.25) is 0 Å². The van der Waals surface area contributed by atoms with Crippen molar-refractivity contribution in [3.8, 4) is 11.5 Å². The Kier molecular flexibility index (Phi) is 6.37.